The summed E-state index contributed by atoms with van der Waals surface area (Å²) in [5.41, 5.74) is 0.234. The number of ether oxygens (including phenoxy) is 4. The van der Waals surface area contributed by atoms with Gasteiger partial charge in [-0.25, -0.2) is 9.59 Å². The van der Waals surface area contributed by atoms with Gasteiger partial charge >= 0.3 is 12.0 Å². The smallest absolute Gasteiger partial charge is 0.329 e. The van der Waals surface area contributed by atoms with Crippen LogP contribution >= 0.6 is 11.6 Å². The number of urea groups is 1. The molecule has 1 aliphatic rings. The van der Waals surface area contributed by atoms with Crippen LogP contribution in [0.1, 0.15) is 88.0 Å². The number of Topliss-reactive ketones (excluding diaryl/α,β-unsaturated/α-hetero) is 1. The van der Waals surface area contributed by atoms with Gasteiger partial charge in [0, 0.05) is 31.6 Å². The third-order valence-corrected chi connectivity index (χ3v) is 8.00. The van der Waals surface area contributed by atoms with Crippen molar-refractivity contribution in [3.63, 3.8) is 0 Å². The molecule has 2 aromatic rings. The zero-order chi connectivity index (χ0) is 31.7. The Labute approximate surface area is 258 Å². The molecule has 10 nitrogen and oxygen atoms in total. The first kappa shape index (κ1) is 34.2. The minimum atomic E-state index is -1.46. The average Bonchev–Trinajstić information content (AvgIpc) is 2.95. The van der Waals surface area contributed by atoms with Crippen LogP contribution in [0.2, 0.25) is 5.02 Å². The maximum absolute atomic E-state index is 13.9. The van der Waals surface area contributed by atoms with Crippen LogP contribution in [0.3, 0.4) is 0 Å². The topological polar surface area (TPSA) is 124 Å². The summed E-state index contributed by atoms with van der Waals surface area (Å²) in [5, 5.41) is 13.0. The van der Waals surface area contributed by atoms with Crippen LogP contribution in [-0.4, -0.2) is 72.4 Å². The number of aliphatic carboxylic acids is 1. The van der Waals surface area contributed by atoms with Crippen molar-refractivity contribution in [3.8, 4) is 11.5 Å². The number of halogens is 1. The second-order valence-electron chi connectivity index (χ2n) is 10.5. The van der Waals surface area contributed by atoms with Gasteiger partial charge in [0.1, 0.15) is 16.9 Å². The summed E-state index contributed by atoms with van der Waals surface area (Å²) in [7, 11) is 0. The van der Waals surface area contributed by atoms with E-state index in [2.05, 4.69) is 5.32 Å². The number of amides is 2. The Hall–Kier alpha value is -3.34. The number of rotatable bonds is 16. The van der Waals surface area contributed by atoms with Crippen LogP contribution in [0.4, 0.5) is 4.79 Å². The number of carboxylic acids is 1. The normalized spacial score (nSPS) is 19.1. The molecule has 3 rings (SSSR count). The van der Waals surface area contributed by atoms with Crippen molar-refractivity contribution in [1.29, 1.82) is 0 Å². The summed E-state index contributed by atoms with van der Waals surface area (Å²) in [6.07, 6.45) is -0.179. The van der Waals surface area contributed by atoms with Crippen LogP contribution < -0.4 is 14.8 Å². The fraction of sp³-hybridized carbons (Fsp3) is 0.531. The average molecular weight is 619 g/mol. The molecule has 0 aromatic heterocycles. The number of hydrogen-bond donors (Lipinski definition) is 2. The molecule has 0 spiro atoms. The van der Waals surface area contributed by atoms with Gasteiger partial charge in [0.2, 0.25) is 0 Å². The quantitative estimate of drug-likeness (QED) is 0.213. The lowest BCUT2D eigenvalue weighted by Gasteiger charge is -2.45. The number of hydrogen-bond acceptors (Lipinski definition) is 7. The van der Waals surface area contributed by atoms with Crippen LogP contribution in [-0.2, 0) is 14.3 Å². The molecule has 2 N–H and O–H groups in total. The molecule has 2 amide bonds. The number of benzene rings is 2. The number of nitrogens with zero attached hydrogens (tertiary/aromatic N) is 1. The molecule has 0 aliphatic heterocycles. The van der Waals surface area contributed by atoms with Gasteiger partial charge in [-0.1, -0.05) is 41.9 Å². The molecule has 0 saturated heterocycles. The van der Waals surface area contributed by atoms with Crippen LogP contribution in [0.25, 0.3) is 0 Å². The van der Waals surface area contributed by atoms with Crippen molar-refractivity contribution in [2.75, 3.05) is 33.0 Å². The van der Waals surface area contributed by atoms with Gasteiger partial charge in [-0.2, -0.15) is 0 Å². The number of carbonyl (C=O) groups is 3. The SMILES string of the molecule is CCOc1cc(C(C)N(CCO[C@@H](C)c2ccccc2)C(=O)NC2(C(=O)O)CC(OCC)C2)c(Cl)c(OCC)c1C(C)=O. The summed E-state index contributed by atoms with van der Waals surface area (Å²) < 4.78 is 23.3. The fourth-order valence-corrected chi connectivity index (χ4v) is 5.64. The number of nitrogens with one attached hydrogen (secondary N) is 1. The first-order valence-corrected chi connectivity index (χ1v) is 15.1. The van der Waals surface area contributed by atoms with E-state index in [9.17, 15) is 19.5 Å². The third-order valence-electron chi connectivity index (χ3n) is 7.61. The van der Waals surface area contributed by atoms with Crippen LogP contribution in [0, 0.1) is 0 Å². The van der Waals surface area contributed by atoms with E-state index in [1.54, 1.807) is 26.8 Å². The van der Waals surface area contributed by atoms with Gasteiger partial charge in [-0.05, 0) is 53.2 Å². The van der Waals surface area contributed by atoms with E-state index < -0.39 is 23.6 Å². The van der Waals surface area contributed by atoms with E-state index in [0.29, 0.717) is 24.5 Å². The summed E-state index contributed by atoms with van der Waals surface area (Å²) in [6, 6.07) is 10.1. The van der Waals surface area contributed by atoms with E-state index in [4.69, 9.17) is 30.5 Å². The lowest BCUT2D eigenvalue weighted by molar-refractivity contribution is -0.156. The highest BCUT2D eigenvalue weighted by Gasteiger charge is 2.53. The Kier molecular flexibility index (Phi) is 12.2. The molecule has 1 saturated carbocycles. The van der Waals surface area contributed by atoms with Crippen molar-refractivity contribution in [3.05, 3.63) is 58.1 Å². The molecule has 0 heterocycles. The van der Waals surface area contributed by atoms with Crippen LogP contribution in [0.15, 0.2) is 36.4 Å². The highest BCUT2D eigenvalue weighted by Crippen LogP contribution is 2.43. The Morgan fingerprint density at radius 3 is 2.28 bits per heavy atom. The number of carboxylic acid groups (broad SMARTS) is 1. The minimum absolute atomic E-state index is 0.119. The molecule has 2 atom stereocenters. The lowest BCUT2D eigenvalue weighted by atomic mass is 9.74. The molecule has 1 unspecified atom stereocenters. The van der Waals surface area contributed by atoms with E-state index in [1.165, 1.54) is 11.8 Å². The Bertz CT molecular complexity index is 1270. The van der Waals surface area contributed by atoms with E-state index in [0.717, 1.165) is 5.56 Å². The fourth-order valence-electron chi connectivity index (χ4n) is 5.28. The summed E-state index contributed by atoms with van der Waals surface area (Å²) in [5.74, 6) is -0.929. The maximum Gasteiger partial charge on any atom is 0.329 e. The monoisotopic (exact) mass is 618 g/mol. The van der Waals surface area contributed by atoms with E-state index in [1.807, 2.05) is 44.2 Å². The predicted molar refractivity (Wildman–Crippen MR) is 163 cm³/mol. The van der Waals surface area contributed by atoms with E-state index >= 15 is 0 Å². The highest BCUT2D eigenvalue weighted by atomic mass is 35.5. The van der Waals surface area contributed by atoms with Gasteiger partial charge < -0.3 is 34.3 Å². The van der Waals surface area contributed by atoms with Crippen molar-refractivity contribution in [2.24, 2.45) is 0 Å². The van der Waals surface area contributed by atoms with Gasteiger partial charge in [0.05, 0.1) is 43.1 Å². The summed E-state index contributed by atoms with van der Waals surface area (Å²) in [6.45, 7) is 11.8. The molecular formula is C32H43ClN2O8. The zero-order valence-electron chi connectivity index (χ0n) is 25.8. The first-order valence-electron chi connectivity index (χ1n) is 14.7. The summed E-state index contributed by atoms with van der Waals surface area (Å²) in [4.78, 5) is 40.3. The summed E-state index contributed by atoms with van der Waals surface area (Å²) >= 11 is 6.86. The molecule has 2 aromatic carbocycles. The lowest BCUT2D eigenvalue weighted by Crippen LogP contribution is -2.66. The Balaban J connectivity index is 1.97. The molecule has 43 heavy (non-hydrogen) atoms. The largest absolute Gasteiger partial charge is 0.493 e. The molecular weight excluding hydrogens is 576 g/mol. The van der Waals surface area contributed by atoms with Gasteiger partial charge in [-0.3, -0.25) is 4.79 Å². The van der Waals surface area contributed by atoms with Gasteiger partial charge in [0.15, 0.2) is 11.5 Å². The standard InChI is InChI=1S/C32H43ClN2O8/c1-7-40-24-18-32(19-24,30(37)38)34-31(39)35(15-16-43-22(6)23-13-11-10-12-14-23)20(4)25-17-26(41-8-2)27(21(5)36)29(28(25)33)42-9-3/h10-14,17,20,22,24H,7-9,15-16,18-19H2,1-6H3,(H,34,39)(H,37,38)/t20?,22-,24?,32?/m0/s1. The number of ketones is 1. The molecule has 236 valence electrons. The van der Waals surface area contributed by atoms with Gasteiger partial charge in [0.25, 0.3) is 0 Å². The van der Waals surface area contributed by atoms with Crippen LogP contribution in [0.5, 0.6) is 11.5 Å². The maximum atomic E-state index is 13.9. The van der Waals surface area contributed by atoms with Crippen molar-refractivity contribution in [1.82, 2.24) is 10.2 Å². The zero-order valence-corrected chi connectivity index (χ0v) is 26.5. The van der Waals surface area contributed by atoms with Gasteiger partial charge in [-0.15, -0.1) is 0 Å². The molecule has 11 heteroatoms. The Morgan fingerprint density at radius 1 is 1.07 bits per heavy atom. The number of carbonyl (C=O) groups excluding carboxylic acids is 2. The Morgan fingerprint density at radius 2 is 1.72 bits per heavy atom. The van der Waals surface area contributed by atoms with Crippen molar-refractivity contribution < 1.29 is 38.4 Å². The molecule has 1 aliphatic carbocycles. The second-order valence-corrected chi connectivity index (χ2v) is 10.9. The second kappa shape index (κ2) is 15.4. The first-order chi connectivity index (χ1) is 20.5. The minimum Gasteiger partial charge on any atom is -0.493 e. The molecule has 0 bridgehead atoms. The van der Waals surface area contributed by atoms with E-state index in [-0.39, 0.29) is 66.9 Å². The molecule has 0 radical (unpaired) electrons. The third kappa shape index (κ3) is 7.99. The van der Waals surface area contributed by atoms with Crippen molar-refractivity contribution in [2.45, 2.75) is 78.2 Å². The highest BCUT2D eigenvalue weighted by molar-refractivity contribution is 6.33. The molecule has 1 fully saturated rings. The predicted octanol–water partition coefficient (Wildman–Crippen LogP) is 6.21. The van der Waals surface area contributed by atoms with Crippen molar-refractivity contribution >= 4 is 29.4 Å².